The molecule has 0 spiro atoms. The maximum absolute atomic E-state index is 11.0. The fourth-order valence-electron chi connectivity index (χ4n) is 2.52. The third-order valence-corrected chi connectivity index (χ3v) is 3.69. The summed E-state index contributed by atoms with van der Waals surface area (Å²) >= 11 is 0. The average Bonchev–Trinajstić information content (AvgIpc) is 2.69. The van der Waals surface area contributed by atoms with Gasteiger partial charge in [-0.25, -0.2) is 0 Å². The number of benzene rings is 2. The van der Waals surface area contributed by atoms with E-state index in [2.05, 4.69) is 0 Å². The van der Waals surface area contributed by atoms with Gasteiger partial charge in [-0.15, -0.1) is 0 Å². The van der Waals surface area contributed by atoms with Crippen molar-refractivity contribution in [2.45, 2.75) is 6.10 Å². The van der Waals surface area contributed by atoms with Gasteiger partial charge in [-0.2, -0.15) is 0 Å². The molecule has 0 aliphatic rings. The third-order valence-electron chi connectivity index (χ3n) is 3.69. The molecule has 1 N–H and O–H groups in total. The number of methoxy groups -OCH3 is 4. The molecule has 2 rings (SSSR count). The van der Waals surface area contributed by atoms with Crippen LogP contribution in [0.2, 0.25) is 0 Å². The van der Waals surface area contributed by atoms with Gasteiger partial charge in [-0.3, -0.25) is 0 Å². The van der Waals surface area contributed by atoms with Crippen LogP contribution >= 0.6 is 0 Å². The number of aliphatic hydroxyl groups excluding tert-OH is 1. The van der Waals surface area contributed by atoms with Crippen LogP contribution < -0.4 is 18.9 Å². The fraction of sp³-hybridized carbons (Fsp3) is 0.368. The van der Waals surface area contributed by atoms with Crippen molar-refractivity contribution in [3.63, 3.8) is 0 Å². The van der Waals surface area contributed by atoms with E-state index in [-0.39, 0.29) is 13.6 Å². The number of aliphatic hydroxyl groups is 1. The first-order valence-electron chi connectivity index (χ1n) is 7.93. The molecule has 0 heterocycles. The lowest BCUT2D eigenvalue weighted by Gasteiger charge is -2.21. The first kappa shape index (κ1) is 19.8. The molecule has 2 aromatic carbocycles. The molecule has 26 heavy (non-hydrogen) atoms. The first-order valence-corrected chi connectivity index (χ1v) is 7.93. The standard InChI is InChI=1S/C19H24O7/c1-21-11-25-15-8-6-5-7-13(15)17(20)14-9-10-16(23-3)19(24-4)18(14)26-12-22-2/h5-10,17,20H,11-12H2,1-4H3. The van der Waals surface area contributed by atoms with Crippen LogP contribution in [-0.2, 0) is 9.47 Å². The van der Waals surface area contributed by atoms with Crippen LogP contribution in [0.15, 0.2) is 36.4 Å². The summed E-state index contributed by atoms with van der Waals surface area (Å²) in [7, 11) is 6.08. The molecule has 0 bridgehead atoms. The number of rotatable bonds is 10. The second-order valence-electron chi connectivity index (χ2n) is 5.26. The smallest absolute Gasteiger partial charge is 0.203 e. The lowest BCUT2D eigenvalue weighted by Crippen LogP contribution is -2.10. The third kappa shape index (κ3) is 4.37. The molecule has 0 saturated carbocycles. The van der Waals surface area contributed by atoms with Crippen LogP contribution in [0.25, 0.3) is 0 Å². The van der Waals surface area contributed by atoms with Crippen molar-refractivity contribution in [2.24, 2.45) is 0 Å². The first-order chi connectivity index (χ1) is 12.7. The van der Waals surface area contributed by atoms with Crippen LogP contribution in [0.3, 0.4) is 0 Å². The van der Waals surface area contributed by atoms with Crippen LogP contribution in [0.4, 0.5) is 0 Å². The monoisotopic (exact) mass is 364 g/mol. The maximum atomic E-state index is 11.0. The number of ether oxygens (including phenoxy) is 6. The molecule has 1 atom stereocenters. The molecule has 2 aromatic rings. The molecule has 0 aromatic heterocycles. The summed E-state index contributed by atoms with van der Waals surface area (Å²) in [5.41, 5.74) is 1.06. The van der Waals surface area contributed by atoms with E-state index >= 15 is 0 Å². The van der Waals surface area contributed by atoms with Gasteiger partial charge in [0.25, 0.3) is 0 Å². The summed E-state index contributed by atoms with van der Waals surface area (Å²) in [6, 6.07) is 10.6. The van der Waals surface area contributed by atoms with E-state index in [9.17, 15) is 5.11 Å². The van der Waals surface area contributed by atoms with Crippen LogP contribution in [-0.4, -0.2) is 47.1 Å². The summed E-state index contributed by atoms with van der Waals surface area (Å²) < 4.78 is 31.9. The van der Waals surface area contributed by atoms with Gasteiger partial charge in [0.05, 0.1) is 14.2 Å². The molecule has 0 aliphatic carbocycles. The van der Waals surface area contributed by atoms with Crippen LogP contribution in [0.5, 0.6) is 23.0 Å². The molecule has 0 amide bonds. The molecule has 0 aliphatic heterocycles. The summed E-state index contributed by atoms with van der Waals surface area (Å²) in [4.78, 5) is 0. The molecular weight excluding hydrogens is 340 g/mol. The lowest BCUT2D eigenvalue weighted by atomic mass is 9.99. The summed E-state index contributed by atoms with van der Waals surface area (Å²) in [5.74, 6) is 1.70. The lowest BCUT2D eigenvalue weighted by molar-refractivity contribution is 0.0449. The highest BCUT2D eigenvalue weighted by Crippen LogP contribution is 2.44. The van der Waals surface area contributed by atoms with E-state index in [0.29, 0.717) is 34.1 Å². The minimum Gasteiger partial charge on any atom is -0.493 e. The zero-order valence-corrected chi connectivity index (χ0v) is 15.4. The Hall–Kier alpha value is -2.48. The van der Waals surface area contributed by atoms with Crippen molar-refractivity contribution in [3.05, 3.63) is 47.5 Å². The SMILES string of the molecule is COCOc1ccccc1C(O)c1ccc(OC)c(OC)c1OCOC. The van der Waals surface area contributed by atoms with E-state index < -0.39 is 6.10 Å². The Morgan fingerprint density at radius 3 is 2.08 bits per heavy atom. The Balaban J connectivity index is 2.50. The van der Waals surface area contributed by atoms with Gasteiger partial charge in [-0.1, -0.05) is 18.2 Å². The van der Waals surface area contributed by atoms with E-state index in [1.54, 1.807) is 24.3 Å². The highest BCUT2D eigenvalue weighted by atomic mass is 16.7. The molecule has 142 valence electrons. The van der Waals surface area contributed by atoms with Crippen molar-refractivity contribution in [3.8, 4) is 23.0 Å². The van der Waals surface area contributed by atoms with Crippen molar-refractivity contribution in [1.82, 2.24) is 0 Å². The Morgan fingerprint density at radius 1 is 0.731 bits per heavy atom. The highest BCUT2D eigenvalue weighted by Gasteiger charge is 2.24. The summed E-state index contributed by atoms with van der Waals surface area (Å²) in [6.45, 7) is 0.0633. The van der Waals surface area contributed by atoms with Gasteiger partial charge < -0.3 is 33.5 Å². The van der Waals surface area contributed by atoms with Crippen LogP contribution in [0, 0.1) is 0 Å². The molecular formula is C19H24O7. The molecule has 1 unspecified atom stereocenters. The Kier molecular flexibility index (Phi) is 7.53. The van der Waals surface area contributed by atoms with Gasteiger partial charge >= 0.3 is 0 Å². The van der Waals surface area contributed by atoms with Crippen LogP contribution in [0.1, 0.15) is 17.2 Å². The van der Waals surface area contributed by atoms with Crippen molar-refractivity contribution in [1.29, 1.82) is 0 Å². The Morgan fingerprint density at radius 2 is 1.42 bits per heavy atom. The van der Waals surface area contributed by atoms with Crippen molar-refractivity contribution in [2.75, 3.05) is 42.0 Å². The summed E-state index contributed by atoms with van der Waals surface area (Å²) in [5, 5.41) is 11.0. The van der Waals surface area contributed by atoms with E-state index in [1.165, 1.54) is 28.4 Å². The minimum atomic E-state index is -1.02. The van der Waals surface area contributed by atoms with Gasteiger partial charge in [0, 0.05) is 25.3 Å². The summed E-state index contributed by atoms with van der Waals surface area (Å²) in [6.07, 6.45) is -1.02. The van der Waals surface area contributed by atoms with Gasteiger partial charge in [0.1, 0.15) is 11.9 Å². The molecule has 0 saturated heterocycles. The topological polar surface area (TPSA) is 75.6 Å². The predicted molar refractivity (Wildman–Crippen MR) is 95.1 cm³/mol. The largest absolute Gasteiger partial charge is 0.493 e. The van der Waals surface area contributed by atoms with E-state index in [0.717, 1.165) is 0 Å². The average molecular weight is 364 g/mol. The van der Waals surface area contributed by atoms with Crippen molar-refractivity contribution >= 4 is 0 Å². The predicted octanol–water partition coefficient (Wildman–Crippen LogP) is 2.75. The number of hydrogen-bond donors (Lipinski definition) is 1. The maximum Gasteiger partial charge on any atom is 0.203 e. The molecule has 7 nitrogen and oxygen atoms in total. The second kappa shape index (κ2) is 9.86. The normalized spacial score (nSPS) is 11.7. The Bertz CT molecular complexity index is 702. The number of hydrogen-bond acceptors (Lipinski definition) is 7. The zero-order chi connectivity index (χ0) is 18.9. The van der Waals surface area contributed by atoms with Gasteiger partial charge in [0.15, 0.2) is 25.1 Å². The fourth-order valence-corrected chi connectivity index (χ4v) is 2.52. The van der Waals surface area contributed by atoms with E-state index in [1.807, 2.05) is 12.1 Å². The second-order valence-corrected chi connectivity index (χ2v) is 5.26. The zero-order valence-electron chi connectivity index (χ0n) is 15.4. The number of para-hydroxylation sites is 1. The van der Waals surface area contributed by atoms with Gasteiger partial charge in [-0.05, 0) is 18.2 Å². The van der Waals surface area contributed by atoms with Gasteiger partial charge in [0.2, 0.25) is 5.75 Å². The quantitative estimate of drug-likeness (QED) is 0.650. The molecule has 0 fully saturated rings. The van der Waals surface area contributed by atoms with Crippen molar-refractivity contribution < 1.29 is 33.5 Å². The Labute approximate surface area is 153 Å². The molecule has 7 heteroatoms. The molecule has 0 radical (unpaired) electrons. The minimum absolute atomic E-state index is 0.00886. The highest BCUT2D eigenvalue weighted by molar-refractivity contribution is 5.58. The van der Waals surface area contributed by atoms with E-state index in [4.69, 9.17) is 28.4 Å².